The third-order valence-electron chi connectivity index (χ3n) is 4.24. The van der Waals surface area contributed by atoms with Crippen LogP contribution in [0.5, 0.6) is 0 Å². The number of anilines is 1. The first-order valence-corrected chi connectivity index (χ1v) is 10.9. The summed E-state index contributed by atoms with van der Waals surface area (Å²) in [6.45, 7) is 5.95. The number of nitrogens with zero attached hydrogens (tertiary/aromatic N) is 3. The van der Waals surface area contributed by atoms with Crippen molar-refractivity contribution in [2.75, 3.05) is 11.1 Å². The lowest BCUT2D eigenvalue weighted by atomic mass is 10.1. The smallest absolute Gasteiger partial charge is 0.234 e. The number of carbonyl (C=O) groups excluding carboxylic acids is 1. The molecule has 3 aromatic rings. The molecule has 0 atom stereocenters. The molecule has 28 heavy (non-hydrogen) atoms. The van der Waals surface area contributed by atoms with Crippen molar-refractivity contribution in [1.29, 1.82) is 0 Å². The van der Waals surface area contributed by atoms with Crippen molar-refractivity contribution in [3.63, 3.8) is 0 Å². The number of thioether (sulfide) groups is 1. The zero-order valence-corrected chi connectivity index (χ0v) is 19.0. The molecule has 0 radical (unpaired) electrons. The average molecular weight is 480 g/mol. The normalized spacial score (nSPS) is 10.9. The molecule has 3 rings (SSSR count). The Morgan fingerprint density at radius 2 is 1.93 bits per heavy atom. The maximum atomic E-state index is 12.6. The van der Waals surface area contributed by atoms with Crippen LogP contribution in [0.4, 0.5) is 5.69 Å². The maximum absolute atomic E-state index is 12.6. The topological polar surface area (TPSA) is 59.8 Å². The number of aryl methyl sites for hydroxylation is 3. The number of halogens is 2. The largest absolute Gasteiger partial charge is 0.325 e. The fraction of sp³-hybridized carbons (Fsp3) is 0.250. The summed E-state index contributed by atoms with van der Waals surface area (Å²) < 4.78 is 2.93. The Morgan fingerprint density at radius 1 is 1.21 bits per heavy atom. The predicted molar refractivity (Wildman–Crippen MR) is 119 cm³/mol. The minimum absolute atomic E-state index is 0.0755. The van der Waals surface area contributed by atoms with E-state index in [9.17, 15) is 4.79 Å². The zero-order valence-electron chi connectivity index (χ0n) is 15.8. The zero-order chi connectivity index (χ0) is 20.3. The molecule has 1 heterocycles. The van der Waals surface area contributed by atoms with Crippen LogP contribution in [0.15, 0.2) is 46.0 Å². The van der Waals surface area contributed by atoms with E-state index >= 15 is 0 Å². The summed E-state index contributed by atoms with van der Waals surface area (Å²) in [5.74, 6) is 0.917. The second kappa shape index (κ2) is 9.11. The van der Waals surface area contributed by atoms with E-state index in [2.05, 4.69) is 38.4 Å². The highest BCUT2D eigenvalue weighted by Crippen LogP contribution is 2.27. The third-order valence-corrected chi connectivity index (χ3v) is 5.88. The SMILES string of the molecule is CCc1cc(Br)cc(C)c1NC(=O)CSc1nnc(C)n1-c1ccc(Cl)cc1. The van der Waals surface area contributed by atoms with Gasteiger partial charge >= 0.3 is 0 Å². The minimum Gasteiger partial charge on any atom is -0.325 e. The highest BCUT2D eigenvalue weighted by molar-refractivity contribution is 9.10. The molecular formula is C20H20BrClN4OS. The lowest BCUT2D eigenvalue weighted by molar-refractivity contribution is -0.113. The van der Waals surface area contributed by atoms with Gasteiger partial charge in [-0.2, -0.15) is 0 Å². The van der Waals surface area contributed by atoms with Gasteiger partial charge in [-0.05, 0) is 67.8 Å². The van der Waals surface area contributed by atoms with Gasteiger partial charge in [0.15, 0.2) is 5.16 Å². The Morgan fingerprint density at radius 3 is 2.61 bits per heavy atom. The van der Waals surface area contributed by atoms with Crippen LogP contribution < -0.4 is 5.32 Å². The molecule has 0 unspecified atom stereocenters. The first kappa shape index (κ1) is 20.9. The van der Waals surface area contributed by atoms with Crippen molar-refractivity contribution >= 4 is 50.9 Å². The number of hydrogen-bond acceptors (Lipinski definition) is 4. The molecule has 0 saturated carbocycles. The molecule has 0 bridgehead atoms. The fourth-order valence-electron chi connectivity index (χ4n) is 2.90. The van der Waals surface area contributed by atoms with E-state index in [1.54, 1.807) is 0 Å². The van der Waals surface area contributed by atoms with Gasteiger partial charge in [-0.15, -0.1) is 10.2 Å². The number of amides is 1. The van der Waals surface area contributed by atoms with Gasteiger partial charge in [0.2, 0.25) is 5.91 Å². The molecule has 0 aliphatic carbocycles. The minimum atomic E-state index is -0.0755. The molecular weight excluding hydrogens is 460 g/mol. The first-order chi connectivity index (χ1) is 13.4. The van der Waals surface area contributed by atoms with Gasteiger partial charge in [0.25, 0.3) is 0 Å². The first-order valence-electron chi connectivity index (χ1n) is 8.78. The number of nitrogens with one attached hydrogen (secondary N) is 1. The van der Waals surface area contributed by atoms with Gasteiger partial charge in [-0.25, -0.2) is 0 Å². The summed E-state index contributed by atoms with van der Waals surface area (Å²) in [7, 11) is 0. The van der Waals surface area contributed by atoms with Crippen molar-refractivity contribution in [2.24, 2.45) is 0 Å². The molecule has 0 fully saturated rings. The molecule has 0 spiro atoms. The van der Waals surface area contributed by atoms with Crippen LogP contribution in [-0.4, -0.2) is 26.4 Å². The van der Waals surface area contributed by atoms with Crippen molar-refractivity contribution in [3.8, 4) is 5.69 Å². The van der Waals surface area contributed by atoms with E-state index in [4.69, 9.17) is 11.6 Å². The number of carbonyl (C=O) groups is 1. The van der Waals surface area contributed by atoms with E-state index < -0.39 is 0 Å². The highest BCUT2D eigenvalue weighted by Gasteiger charge is 2.15. The monoisotopic (exact) mass is 478 g/mol. The number of rotatable bonds is 6. The van der Waals surface area contributed by atoms with Crippen molar-refractivity contribution in [1.82, 2.24) is 14.8 Å². The van der Waals surface area contributed by atoms with E-state index in [0.717, 1.165) is 39.2 Å². The fourth-order valence-corrected chi connectivity index (χ4v) is 4.44. The summed E-state index contributed by atoms with van der Waals surface area (Å²) in [5.41, 5.74) is 3.92. The second-order valence-electron chi connectivity index (χ2n) is 6.29. The number of hydrogen-bond donors (Lipinski definition) is 1. The van der Waals surface area contributed by atoms with Gasteiger partial charge in [-0.3, -0.25) is 9.36 Å². The quantitative estimate of drug-likeness (QED) is 0.468. The number of benzene rings is 2. The van der Waals surface area contributed by atoms with E-state index in [-0.39, 0.29) is 11.7 Å². The summed E-state index contributed by atoms with van der Waals surface area (Å²) in [4.78, 5) is 12.6. The summed E-state index contributed by atoms with van der Waals surface area (Å²) in [6.07, 6.45) is 0.840. The van der Waals surface area contributed by atoms with Gasteiger partial charge in [-0.1, -0.05) is 46.2 Å². The van der Waals surface area contributed by atoms with Crippen LogP contribution in [-0.2, 0) is 11.2 Å². The van der Waals surface area contributed by atoms with Crippen LogP contribution >= 0.6 is 39.3 Å². The summed E-state index contributed by atoms with van der Waals surface area (Å²) in [5, 5.41) is 12.7. The Hall–Kier alpha value is -1.83. The molecule has 2 aromatic carbocycles. The van der Waals surface area contributed by atoms with E-state index in [0.29, 0.717) is 10.2 Å². The Balaban J connectivity index is 1.74. The maximum Gasteiger partial charge on any atom is 0.234 e. The molecule has 1 aromatic heterocycles. The van der Waals surface area contributed by atoms with Gasteiger partial charge in [0, 0.05) is 20.9 Å². The molecule has 0 saturated heterocycles. The lowest BCUT2D eigenvalue weighted by Gasteiger charge is -2.14. The summed E-state index contributed by atoms with van der Waals surface area (Å²) in [6, 6.07) is 11.5. The van der Waals surface area contributed by atoms with Gasteiger partial charge in [0.1, 0.15) is 5.82 Å². The molecule has 1 amide bonds. The average Bonchev–Trinajstić information content (AvgIpc) is 3.03. The summed E-state index contributed by atoms with van der Waals surface area (Å²) >= 11 is 10.8. The molecule has 0 aliphatic rings. The van der Waals surface area contributed by atoms with E-state index in [1.165, 1.54) is 11.8 Å². The van der Waals surface area contributed by atoms with Gasteiger partial charge in [0.05, 0.1) is 5.75 Å². The Kier molecular flexibility index (Phi) is 6.80. The lowest BCUT2D eigenvalue weighted by Crippen LogP contribution is -2.16. The Labute approximate surface area is 182 Å². The van der Waals surface area contributed by atoms with Crippen molar-refractivity contribution in [3.05, 3.63) is 62.8 Å². The van der Waals surface area contributed by atoms with Crippen LogP contribution in [0.2, 0.25) is 5.02 Å². The predicted octanol–water partition coefficient (Wildman–Crippen LogP) is 5.59. The molecule has 5 nitrogen and oxygen atoms in total. The molecule has 8 heteroatoms. The van der Waals surface area contributed by atoms with Crippen LogP contribution in [0.3, 0.4) is 0 Å². The van der Waals surface area contributed by atoms with E-state index in [1.807, 2.05) is 54.8 Å². The van der Waals surface area contributed by atoms with Crippen LogP contribution in [0.1, 0.15) is 23.9 Å². The molecule has 1 N–H and O–H groups in total. The van der Waals surface area contributed by atoms with Crippen LogP contribution in [0.25, 0.3) is 5.69 Å². The van der Waals surface area contributed by atoms with Gasteiger partial charge < -0.3 is 5.32 Å². The molecule has 146 valence electrons. The van der Waals surface area contributed by atoms with Crippen molar-refractivity contribution in [2.45, 2.75) is 32.3 Å². The Bertz CT molecular complexity index is 1000. The second-order valence-corrected chi connectivity index (χ2v) is 8.58. The standard InChI is InChI=1S/C20H20BrClN4OS/c1-4-14-10-15(21)9-12(2)19(14)23-18(27)11-28-20-25-24-13(3)26(20)17-7-5-16(22)6-8-17/h5-10H,4,11H2,1-3H3,(H,23,27). The number of aromatic nitrogens is 3. The van der Waals surface area contributed by atoms with Crippen molar-refractivity contribution < 1.29 is 4.79 Å². The highest BCUT2D eigenvalue weighted by atomic mass is 79.9. The van der Waals surface area contributed by atoms with Crippen LogP contribution in [0, 0.1) is 13.8 Å². The third kappa shape index (κ3) is 4.77. The molecule has 0 aliphatic heterocycles.